The number of amides is 1. The molecule has 110 valence electrons. The summed E-state index contributed by atoms with van der Waals surface area (Å²) in [5.41, 5.74) is 1.86. The largest absolute Gasteiger partial charge is 0.339 e. The molecule has 1 saturated heterocycles. The smallest absolute Gasteiger partial charge is 0.254 e. The maximum absolute atomic E-state index is 12.6. The minimum absolute atomic E-state index is 0.172. The Hall–Kier alpha value is -0.870. The molecule has 2 rings (SSSR count). The summed E-state index contributed by atoms with van der Waals surface area (Å²) in [6.07, 6.45) is 2.21. The maximum Gasteiger partial charge on any atom is 0.254 e. The van der Waals surface area contributed by atoms with E-state index in [9.17, 15) is 4.79 Å². The molecule has 20 heavy (non-hydrogen) atoms. The summed E-state index contributed by atoms with van der Waals surface area (Å²) < 4.78 is 1.00. The first-order chi connectivity index (χ1) is 9.63. The number of benzene rings is 1. The highest BCUT2D eigenvalue weighted by Gasteiger charge is 2.24. The summed E-state index contributed by atoms with van der Waals surface area (Å²) in [6.45, 7) is 7.98. The van der Waals surface area contributed by atoms with Crippen molar-refractivity contribution in [2.45, 2.75) is 26.7 Å². The molecule has 1 aromatic carbocycles. The van der Waals surface area contributed by atoms with Crippen LogP contribution in [0.3, 0.4) is 0 Å². The molecular formula is C16H23BrN2O. The number of carbonyl (C=O) groups excluding carboxylic acids is 1. The molecule has 0 radical (unpaired) electrons. The van der Waals surface area contributed by atoms with Gasteiger partial charge in [-0.25, -0.2) is 0 Å². The number of rotatable bonds is 4. The normalized spacial score (nSPS) is 16.4. The highest BCUT2D eigenvalue weighted by Crippen LogP contribution is 2.23. The van der Waals surface area contributed by atoms with Gasteiger partial charge in [0, 0.05) is 23.1 Å². The van der Waals surface area contributed by atoms with Gasteiger partial charge in [-0.3, -0.25) is 4.79 Å². The van der Waals surface area contributed by atoms with Crippen molar-refractivity contribution in [2.24, 2.45) is 5.92 Å². The van der Waals surface area contributed by atoms with Gasteiger partial charge >= 0.3 is 0 Å². The van der Waals surface area contributed by atoms with Crippen molar-refractivity contribution in [1.82, 2.24) is 10.2 Å². The van der Waals surface area contributed by atoms with Crippen LogP contribution >= 0.6 is 15.9 Å². The zero-order valence-corrected chi connectivity index (χ0v) is 13.9. The number of likely N-dealkylation sites (tertiary alicyclic amines) is 1. The average molecular weight is 339 g/mol. The molecule has 1 aromatic rings. The number of carbonyl (C=O) groups is 1. The second-order valence-electron chi connectivity index (χ2n) is 5.46. The van der Waals surface area contributed by atoms with E-state index in [0.29, 0.717) is 5.92 Å². The van der Waals surface area contributed by atoms with Crippen molar-refractivity contribution in [2.75, 3.05) is 26.2 Å². The third kappa shape index (κ3) is 3.61. The highest BCUT2D eigenvalue weighted by atomic mass is 79.9. The van der Waals surface area contributed by atoms with Crippen molar-refractivity contribution in [3.05, 3.63) is 33.8 Å². The van der Waals surface area contributed by atoms with E-state index in [2.05, 4.69) is 28.2 Å². The molecule has 3 nitrogen and oxygen atoms in total. The first-order valence-electron chi connectivity index (χ1n) is 7.38. The van der Waals surface area contributed by atoms with E-state index in [1.165, 1.54) is 0 Å². The van der Waals surface area contributed by atoms with Crippen LogP contribution in [0, 0.1) is 12.8 Å². The summed E-state index contributed by atoms with van der Waals surface area (Å²) in [5, 5.41) is 3.40. The Morgan fingerprint density at radius 1 is 1.40 bits per heavy atom. The fourth-order valence-electron chi connectivity index (χ4n) is 2.70. The zero-order chi connectivity index (χ0) is 14.5. The van der Waals surface area contributed by atoms with Gasteiger partial charge in [-0.2, -0.15) is 0 Å². The minimum atomic E-state index is 0.172. The van der Waals surface area contributed by atoms with Gasteiger partial charge in [-0.05, 0) is 56.5 Å². The molecule has 1 aliphatic heterocycles. The standard InChI is InChI=1S/C16H23BrN2O/c1-3-18-11-13-7-9-19(10-8-13)16(20)14-5-4-6-15(17)12(14)2/h4-6,13,18H,3,7-11H2,1-2H3. The molecule has 1 heterocycles. The van der Waals surface area contributed by atoms with E-state index < -0.39 is 0 Å². The quantitative estimate of drug-likeness (QED) is 0.914. The second-order valence-corrected chi connectivity index (χ2v) is 6.31. The molecule has 0 atom stereocenters. The fraction of sp³-hybridized carbons (Fsp3) is 0.562. The van der Waals surface area contributed by atoms with Crippen molar-refractivity contribution < 1.29 is 4.79 Å². The molecule has 1 aliphatic rings. The first kappa shape index (κ1) is 15.5. The lowest BCUT2D eigenvalue weighted by Gasteiger charge is -2.32. The van der Waals surface area contributed by atoms with Crippen LogP contribution in [0.4, 0.5) is 0 Å². The first-order valence-corrected chi connectivity index (χ1v) is 8.18. The summed E-state index contributed by atoms with van der Waals surface area (Å²) in [4.78, 5) is 14.6. The van der Waals surface area contributed by atoms with Crippen molar-refractivity contribution in [3.63, 3.8) is 0 Å². The van der Waals surface area contributed by atoms with Gasteiger partial charge in [0.25, 0.3) is 5.91 Å². The Bertz CT molecular complexity index is 468. The molecule has 1 amide bonds. The van der Waals surface area contributed by atoms with Crippen molar-refractivity contribution in [1.29, 1.82) is 0 Å². The van der Waals surface area contributed by atoms with E-state index in [1.807, 2.05) is 30.0 Å². The Balaban J connectivity index is 1.96. The molecule has 0 unspecified atom stereocenters. The van der Waals surface area contributed by atoms with Gasteiger partial charge in [0.1, 0.15) is 0 Å². The van der Waals surface area contributed by atoms with Crippen LogP contribution in [0.15, 0.2) is 22.7 Å². The lowest BCUT2D eigenvalue weighted by atomic mass is 9.96. The van der Waals surface area contributed by atoms with Crippen LogP contribution in [-0.2, 0) is 0 Å². The summed E-state index contributed by atoms with van der Waals surface area (Å²) in [7, 11) is 0. The second kappa shape index (κ2) is 7.23. The Morgan fingerprint density at radius 3 is 2.75 bits per heavy atom. The number of halogens is 1. The molecule has 0 aromatic heterocycles. The topological polar surface area (TPSA) is 32.3 Å². The number of hydrogen-bond acceptors (Lipinski definition) is 2. The molecule has 0 spiro atoms. The number of nitrogens with one attached hydrogen (secondary N) is 1. The monoisotopic (exact) mass is 338 g/mol. The van der Waals surface area contributed by atoms with E-state index in [1.54, 1.807) is 0 Å². The van der Waals surface area contributed by atoms with Crippen LogP contribution in [0.2, 0.25) is 0 Å². The molecule has 4 heteroatoms. The van der Waals surface area contributed by atoms with Crippen LogP contribution in [0.25, 0.3) is 0 Å². The van der Waals surface area contributed by atoms with Crippen LogP contribution in [0.5, 0.6) is 0 Å². The lowest BCUT2D eigenvalue weighted by molar-refractivity contribution is 0.0689. The van der Waals surface area contributed by atoms with Crippen molar-refractivity contribution in [3.8, 4) is 0 Å². The van der Waals surface area contributed by atoms with Gasteiger partial charge in [0.15, 0.2) is 0 Å². The molecule has 0 aliphatic carbocycles. The lowest BCUT2D eigenvalue weighted by Crippen LogP contribution is -2.41. The predicted octanol–water partition coefficient (Wildman–Crippen LogP) is 3.22. The van der Waals surface area contributed by atoms with Gasteiger partial charge in [0.2, 0.25) is 0 Å². The molecule has 0 bridgehead atoms. The third-order valence-electron chi connectivity index (χ3n) is 4.08. The number of hydrogen-bond donors (Lipinski definition) is 1. The molecule has 1 N–H and O–H groups in total. The van der Waals surface area contributed by atoms with E-state index in [0.717, 1.165) is 54.6 Å². The number of nitrogens with zero attached hydrogens (tertiary/aromatic N) is 1. The molecule has 1 fully saturated rings. The Labute approximate surface area is 129 Å². The summed E-state index contributed by atoms with van der Waals surface area (Å²) >= 11 is 3.50. The number of piperidine rings is 1. The van der Waals surface area contributed by atoms with Gasteiger partial charge in [0.05, 0.1) is 0 Å². The zero-order valence-electron chi connectivity index (χ0n) is 12.3. The SMILES string of the molecule is CCNCC1CCN(C(=O)c2cccc(Br)c2C)CC1. The maximum atomic E-state index is 12.6. The van der Waals surface area contributed by atoms with E-state index >= 15 is 0 Å². The molecular weight excluding hydrogens is 316 g/mol. The predicted molar refractivity (Wildman–Crippen MR) is 86.1 cm³/mol. The Kier molecular flexibility index (Phi) is 5.61. The molecule has 0 saturated carbocycles. The minimum Gasteiger partial charge on any atom is -0.339 e. The van der Waals surface area contributed by atoms with E-state index in [-0.39, 0.29) is 5.91 Å². The average Bonchev–Trinajstić information content (AvgIpc) is 2.48. The fourth-order valence-corrected chi connectivity index (χ4v) is 3.06. The van der Waals surface area contributed by atoms with Crippen molar-refractivity contribution >= 4 is 21.8 Å². The summed E-state index contributed by atoms with van der Waals surface area (Å²) in [6, 6.07) is 5.84. The Morgan fingerprint density at radius 2 is 2.10 bits per heavy atom. The van der Waals surface area contributed by atoms with Gasteiger partial charge < -0.3 is 10.2 Å². The van der Waals surface area contributed by atoms with Crippen LogP contribution in [0.1, 0.15) is 35.7 Å². The van der Waals surface area contributed by atoms with Crippen LogP contribution < -0.4 is 5.32 Å². The van der Waals surface area contributed by atoms with Crippen LogP contribution in [-0.4, -0.2) is 37.0 Å². The summed E-state index contributed by atoms with van der Waals surface area (Å²) in [5.74, 6) is 0.883. The van der Waals surface area contributed by atoms with E-state index in [4.69, 9.17) is 0 Å². The van der Waals surface area contributed by atoms with Gasteiger partial charge in [-0.15, -0.1) is 0 Å². The van der Waals surface area contributed by atoms with Gasteiger partial charge in [-0.1, -0.05) is 28.9 Å². The highest BCUT2D eigenvalue weighted by molar-refractivity contribution is 9.10. The third-order valence-corrected chi connectivity index (χ3v) is 4.94.